The van der Waals surface area contributed by atoms with Crippen LogP contribution in [0.5, 0.6) is 0 Å². The summed E-state index contributed by atoms with van der Waals surface area (Å²) in [4.78, 5) is 11.8. The smallest absolute Gasteiger partial charge is 0.291 e. The molecule has 94 valence electrons. The van der Waals surface area contributed by atoms with Gasteiger partial charge in [0.25, 0.3) is 5.91 Å². The maximum absolute atomic E-state index is 13.4. The monoisotopic (exact) mass is 248 g/mol. The molecule has 0 atom stereocenters. The molecular weight excluding hydrogens is 235 g/mol. The van der Waals surface area contributed by atoms with Gasteiger partial charge in [0.05, 0.1) is 5.69 Å². The number of nitrogens with one attached hydrogen (secondary N) is 1. The first-order chi connectivity index (χ1) is 8.60. The van der Waals surface area contributed by atoms with Crippen LogP contribution in [0.2, 0.25) is 0 Å². The van der Waals surface area contributed by atoms with Gasteiger partial charge < -0.3 is 15.5 Å². The molecule has 4 nitrogen and oxygen atoms in total. The van der Waals surface area contributed by atoms with Crippen LogP contribution in [0.3, 0.4) is 0 Å². The summed E-state index contributed by atoms with van der Waals surface area (Å²) >= 11 is 0. The summed E-state index contributed by atoms with van der Waals surface area (Å²) in [6, 6.07) is 7.25. The SMILES string of the molecule is CCc1ccc(C(=O)Nc2cc(N)ccc2F)o1. The predicted octanol–water partition coefficient (Wildman–Crippen LogP) is 2.82. The summed E-state index contributed by atoms with van der Waals surface area (Å²) in [5.74, 6) is -0.194. The van der Waals surface area contributed by atoms with E-state index in [1.54, 1.807) is 12.1 Å². The zero-order valence-corrected chi connectivity index (χ0v) is 9.87. The first-order valence-corrected chi connectivity index (χ1v) is 5.55. The van der Waals surface area contributed by atoms with E-state index in [1.807, 2.05) is 6.92 Å². The second-order valence-corrected chi connectivity index (χ2v) is 3.81. The number of anilines is 2. The Hall–Kier alpha value is -2.30. The van der Waals surface area contributed by atoms with Crippen molar-refractivity contribution in [2.24, 2.45) is 0 Å². The van der Waals surface area contributed by atoms with Crippen LogP contribution in [-0.2, 0) is 6.42 Å². The number of nitrogens with two attached hydrogens (primary N) is 1. The third-order valence-corrected chi connectivity index (χ3v) is 2.47. The van der Waals surface area contributed by atoms with Gasteiger partial charge in [0.2, 0.25) is 0 Å². The summed E-state index contributed by atoms with van der Waals surface area (Å²) in [7, 11) is 0. The number of halogens is 1. The Labute approximate surface area is 104 Å². The van der Waals surface area contributed by atoms with Crippen LogP contribution in [0.4, 0.5) is 15.8 Å². The number of carbonyl (C=O) groups is 1. The van der Waals surface area contributed by atoms with E-state index in [2.05, 4.69) is 5.32 Å². The van der Waals surface area contributed by atoms with Crippen molar-refractivity contribution in [3.8, 4) is 0 Å². The number of hydrogen-bond donors (Lipinski definition) is 2. The van der Waals surface area contributed by atoms with Gasteiger partial charge in [0.1, 0.15) is 11.6 Å². The van der Waals surface area contributed by atoms with Gasteiger partial charge in [-0.25, -0.2) is 4.39 Å². The van der Waals surface area contributed by atoms with Crippen molar-refractivity contribution in [1.29, 1.82) is 0 Å². The molecule has 1 aromatic carbocycles. The highest BCUT2D eigenvalue weighted by molar-refractivity contribution is 6.02. The second-order valence-electron chi connectivity index (χ2n) is 3.81. The molecule has 2 aromatic rings. The first kappa shape index (κ1) is 12.2. The van der Waals surface area contributed by atoms with E-state index in [-0.39, 0.29) is 11.4 Å². The standard InChI is InChI=1S/C13H13FN2O2/c1-2-9-4-6-12(18-9)13(17)16-11-7-8(15)3-5-10(11)14/h3-7H,2,15H2,1H3,(H,16,17). The molecule has 1 heterocycles. The van der Waals surface area contributed by atoms with Crippen molar-refractivity contribution in [2.45, 2.75) is 13.3 Å². The molecule has 0 spiro atoms. The van der Waals surface area contributed by atoms with E-state index in [4.69, 9.17) is 10.2 Å². The van der Waals surface area contributed by atoms with Crippen LogP contribution >= 0.6 is 0 Å². The fourth-order valence-corrected chi connectivity index (χ4v) is 1.51. The molecule has 3 N–H and O–H groups in total. The van der Waals surface area contributed by atoms with Gasteiger partial charge in [-0.15, -0.1) is 0 Å². The van der Waals surface area contributed by atoms with Crippen LogP contribution in [0.1, 0.15) is 23.2 Å². The van der Waals surface area contributed by atoms with Gasteiger partial charge in [-0.1, -0.05) is 6.92 Å². The highest BCUT2D eigenvalue weighted by atomic mass is 19.1. The Morgan fingerprint density at radius 3 is 2.83 bits per heavy atom. The van der Waals surface area contributed by atoms with E-state index in [0.717, 1.165) is 0 Å². The molecule has 0 fully saturated rings. The predicted molar refractivity (Wildman–Crippen MR) is 66.9 cm³/mol. The molecule has 2 rings (SSSR count). The fraction of sp³-hybridized carbons (Fsp3) is 0.154. The van der Waals surface area contributed by atoms with Crippen LogP contribution < -0.4 is 11.1 Å². The molecule has 0 aliphatic rings. The third-order valence-electron chi connectivity index (χ3n) is 2.47. The third kappa shape index (κ3) is 2.51. The van der Waals surface area contributed by atoms with Crippen LogP contribution in [0.25, 0.3) is 0 Å². The van der Waals surface area contributed by atoms with E-state index < -0.39 is 11.7 Å². The molecule has 5 heteroatoms. The topological polar surface area (TPSA) is 68.3 Å². The van der Waals surface area contributed by atoms with Crippen LogP contribution in [0.15, 0.2) is 34.7 Å². The normalized spacial score (nSPS) is 10.3. The maximum Gasteiger partial charge on any atom is 0.291 e. The Kier molecular flexibility index (Phi) is 3.32. The van der Waals surface area contributed by atoms with Gasteiger partial charge in [-0.2, -0.15) is 0 Å². The highest BCUT2D eigenvalue weighted by Gasteiger charge is 2.13. The molecule has 18 heavy (non-hydrogen) atoms. The van der Waals surface area contributed by atoms with E-state index in [9.17, 15) is 9.18 Å². The summed E-state index contributed by atoms with van der Waals surface area (Å²) in [5.41, 5.74) is 5.94. The number of benzene rings is 1. The van der Waals surface area contributed by atoms with E-state index in [1.165, 1.54) is 18.2 Å². The van der Waals surface area contributed by atoms with Gasteiger partial charge in [-0.05, 0) is 30.3 Å². The Bertz CT molecular complexity index is 578. The first-order valence-electron chi connectivity index (χ1n) is 5.55. The average Bonchev–Trinajstić information content (AvgIpc) is 2.82. The number of carbonyl (C=O) groups excluding carboxylic acids is 1. The Morgan fingerprint density at radius 1 is 1.39 bits per heavy atom. The number of hydrogen-bond acceptors (Lipinski definition) is 3. The Balaban J connectivity index is 2.18. The summed E-state index contributed by atoms with van der Waals surface area (Å²) in [6.07, 6.45) is 0.694. The number of aryl methyl sites for hydroxylation is 1. The van der Waals surface area contributed by atoms with Crippen molar-refractivity contribution >= 4 is 17.3 Å². The molecule has 0 unspecified atom stereocenters. The zero-order valence-electron chi connectivity index (χ0n) is 9.87. The lowest BCUT2D eigenvalue weighted by atomic mass is 10.2. The van der Waals surface area contributed by atoms with Gasteiger partial charge in [0.15, 0.2) is 5.76 Å². The highest BCUT2D eigenvalue weighted by Crippen LogP contribution is 2.19. The summed E-state index contributed by atoms with van der Waals surface area (Å²) in [6.45, 7) is 1.91. The van der Waals surface area contributed by atoms with Gasteiger partial charge >= 0.3 is 0 Å². The van der Waals surface area contributed by atoms with Crippen LogP contribution in [0, 0.1) is 5.82 Å². The molecule has 0 bridgehead atoms. The molecule has 0 aliphatic heterocycles. The molecule has 1 aromatic heterocycles. The number of furan rings is 1. The largest absolute Gasteiger partial charge is 0.456 e. The fourth-order valence-electron chi connectivity index (χ4n) is 1.51. The van der Waals surface area contributed by atoms with Crippen molar-refractivity contribution in [1.82, 2.24) is 0 Å². The van der Waals surface area contributed by atoms with Crippen molar-refractivity contribution < 1.29 is 13.6 Å². The molecule has 0 saturated carbocycles. The minimum absolute atomic E-state index is 0.0365. The maximum atomic E-state index is 13.4. The number of nitrogen functional groups attached to an aromatic ring is 1. The quantitative estimate of drug-likeness (QED) is 0.820. The van der Waals surface area contributed by atoms with Crippen LogP contribution in [-0.4, -0.2) is 5.91 Å². The molecule has 0 saturated heterocycles. The molecule has 0 radical (unpaired) electrons. The summed E-state index contributed by atoms with van der Waals surface area (Å²) in [5, 5.41) is 2.42. The average molecular weight is 248 g/mol. The molecule has 1 amide bonds. The lowest BCUT2D eigenvalue weighted by molar-refractivity contribution is 0.0994. The summed E-state index contributed by atoms with van der Waals surface area (Å²) < 4.78 is 18.7. The molecular formula is C13H13FN2O2. The van der Waals surface area contributed by atoms with E-state index in [0.29, 0.717) is 17.9 Å². The lowest BCUT2D eigenvalue weighted by Gasteiger charge is -2.05. The second kappa shape index (κ2) is 4.91. The van der Waals surface area contributed by atoms with Crippen molar-refractivity contribution in [2.75, 3.05) is 11.1 Å². The number of amides is 1. The van der Waals surface area contributed by atoms with E-state index >= 15 is 0 Å². The van der Waals surface area contributed by atoms with Crippen molar-refractivity contribution in [3.63, 3.8) is 0 Å². The minimum Gasteiger partial charge on any atom is -0.456 e. The minimum atomic E-state index is -0.542. The van der Waals surface area contributed by atoms with Gasteiger partial charge in [0, 0.05) is 12.1 Å². The Morgan fingerprint density at radius 2 is 2.17 bits per heavy atom. The van der Waals surface area contributed by atoms with Gasteiger partial charge in [-0.3, -0.25) is 4.79 Å². The zero-order chi connectivity index (χ0) is 13.1. The number of rotatable bonds is 3. The molecule has 0 aliphatic carbocycles. The lowest BCUT2D eigenvalue weighted by Crippen LogP contribution is -2.12. The van der Waals surface area contributed by atoms with Crippen molar-refractivity contribution in [3.05, 3.63) is 47.7 Å².